The van der Waals surface area contributed by atoms with E-state index in [9.17, 15) is 18.0 Å². The van der Waals surface area contributed by atoms with Crippen LogP contribution in [-0.4, -0.2) is 23.2 Å². The molecule has 1 rings (SSSR count). The lowest BCUT2D eigenvalue weighted by atomic mass is 10.0. The summed E-state index contributed by atoms with van der Waals surface area (Å²) in [6.07, 6.45) is -4.59. The van der Waals surface area contributed by atoms with E-state index in [0.717, 1.165) is 12.1 Å². The van der Waals surface area contributed by atoms with E-state index in [0.29, 0.717) is 0 Å². The number of aliphatic hydroxyl groups excluding tert-OH is 1. The van der Waals surface area contributed by atoms with Gasteiger partial charge < -0.3 is 10.4 Å². The van der Waals surface area contributed by atoms with Crippen LogP contribution in [0.3, 0.4) is 0 Å². The van der Waals surface area contributed by atoms with Crippen molar-refractivity contribution < 1.29 is 23.1 Å². The molecule has 0 fully saturated rings. The van der Waals surface area contributed by atoms with Gasteiger partial charge in [0.1, 0.15) is 0 Å². The van der Waals surface area contributed by atoms with Gasteiger partial charge in [-0.15, -0.1) is 0 Å². The average Bonchev–Trinajstić information content (AvgIpc) is 2.27. The van der Waals surface area contributed by atoms with Gasteiger partial charge in [0.25, 0.3) is 5.91 Å². The van der Waals surface area contributed by atoms with Crippen LogP contribution in [0.5, 0.6) is 0 Å². The van der Waals surface area contributed by atoms with Crippen LogP contribution in [0.1, 0.15) is 29.8 Å². The van der Waals surface area contributed by atoms with Crippen molar-refractivity contribution in [3.8, 4) is 0 Å². The molecule has 1 aromatic carbocycles. The molecule has 18 heavy (non-hydrogen) atoms. The largest absolute Gasteiger partial charge is 0.417 e. The van der Waals surface area contributed by atoms with Crippen molar-refractivity contribution in [1.82, 2.24) is 5.32 Å². The predicted molar refractivity (Wildman–Crippen MR) is 60.1 cm³/mol. The highest BCUT2D eigenvalue weighted by Gasteiger charge is 2.35. The molecular formula is C12H14F3NO2. The summed E-state index contributed by atoms with van der Waals surface area (Å²) in [6.45, 7) is 2.66. The Morgan fingerprint density at radius 1 is 1.28 bits per heavy atom. The molecule has 0 saturated carbocycles. The molecular weight excluding hydrogens is 247 g/mol. The Labute approximate surface area is 103 Å². The minimum atomic E-state index is -4.59. The van der Waals surface area contributed by atoms with Gasteiger partial charge in [0.2, 0.25) is 0 Å². The van der Waals surface area contributed by atoms with Crippen molar-refractivity contribution in [1.29, 1.82) is 0 Å². The zero-order chi connectivity index (χ0) is 14.0. The number of amides is 1. The van der Waals surface area contributed by atoms with Gasteiger partial charge in [-0.2, -0.15) is 13.2 Å². The molecule has 1 aromatic rings. The lowest BCUT2D eigenvalue weighted by molar-refractivity contribution is -0.137. The Balaban J connectivity index is 3.07. The molecule has 0 heterocycles. The monoisotopic (exact) mass is 261 g/mol. The van der Waals surface area contributed by atoms with Gasteiger partial charge in [-0.25, -0.2) is 0 Å². The van der Waals surface area contributed by atoms with E-state index in [1.165, 1.54) is 26.0 Å². The fourth-order valence-electron chi connectivity index (χ4n) is 1.34. The van der Waals surface area contributed by atoms with Crippen LogP contribution in [0.25, 0.3) is 0 Å². The standard InChI is InChI=1S/C12H14F3NO2/c1-11(2,7-17)16-10(18)8-5-3-4-6-9(8)12(13,14)15/h3-6,17H,7H2,1-2H3,(H,16,18). The second-order valence-electron chi connectivity index (χ2n) is 4.54. The zero-order valence-electron chi connectivity index (χ0n) is 10.0. The molecule has 6 heteroatoms. The molecule has 0 aliphatic rings. The first-order valence-electron chi connectivity index (χ1n) is 5.27. The maximum absolute atomic E-state index is 12.7. The summed E-state index contributed by atoms with van der Waals surface area (Å²) < 4.78 is 38.1. The highest BCUT2D eigenvalue weighted by atomic mass is 19.4. The van der Waals surface area contributed by atoms with E-state index in [4.69, 9.17) is 5.11 Å². The quantitative estimate of drug-likeness (QED) is 0.876. The number of carbonyl (C=O) groups excluding carboxylic acids is 1. The van der Waals surface area contributed by atoms with Crippen molar-refractivity contribution in [3.05, 3.63) is 35.4 Å². The second kappa shape index (κ2) is 4.97. The van der Waals surface area contributed by atoms with Gasteiger partial charge >= 0.3 is 6.18 Å². The van der Waals surface area contributed by atoms with Gasteiger partial charge in [-0.05, 0) is 26.0 Å². The Kier molecular flexibility index (Phi) is 4.01. The summed E-state index contributed by atoms with van der Waals surface area (Å²) >= 11 is 0. The molecule has 1 amide bonds. The Hall–Kier alpha value is -1.56. The smallest absolute Gasteiger partial charge is 0.394 e. The molecule has 0 bridgehead atoms. The van der Waals surface area contributed by atoms with Crippen LogP contribution in [0.4, 0.5) is 13.2 Å². The summed E-state index contributed by atoms with van der Waals surface area (Å²) in [5, 5.41) is 11.3. The maximum Gasteiger partial charge on any atom is 0.417 e. The Morgan fingerprint density at radius 2 is 1.83 bits per heavy atom. The van der Waals surface area contributed by atoms with Crippen LogP contribution in [0.15, 0.2) is 24.3 Å². The van der Waals surface area contributed by atoms with Crippen molar-refractivity contribution >= 4 is 5.91 Å². The molecule has 0 aliphatic carbocycles. The third kappa shape index (κ3) is 3.46. The van der Waals surface area contributed by atoms with Crippen LogP contribution >= 0.6 is 0 Å². The van der Waals surface area contributed by atoms with E-state index in [-0.39, 0.29) is 6.61 Å². The molecule has 0 unspecified atom stereocenters. The number of aliphatic hydroxyl groups is 1. The van der Waals surface area contributed by atoms with E-state index in [1.807, 2.05) is 0 Å². The number of halogens is 3. The Morgan fingerprint density at radius 3 is 2.33 bits per heavy atom. The topological polar surface area (TPSA) is 49.3 Å². The zero-order valence-corrected chi connectivity index (χ0v) is 10.0. The second-order valence-corrected chi connectivity index (χ2v) is 4.54. The molecule has 100 valence electrons. The van der Waals surface area contributed by atoms with Gasteiger partial charge in [-0.3, -0.25) is 4.79 Å². The highest BCUT2D eigenvalue weighted by Crippen LogP contribution is 2.31. The van der Waals surface area contributed by atoms with E-state index >= 15 is 0 Å². The molecule has 0 radical (unpaired) electrons. The van der Waals surface area contributed by atoms with Crippen LogP contribution < -0.4 is 5.32 Å². The van der Waals surface area contributed by atoms with Crippen molar-refractivity contribution in [3.63, 3.8) is 0 Å². The maximum atomic E-state index is 12.7. The number of nitrogens with one attached hydrogen (secondary N) is 1. The van der Waals surface area contributed by atoms with Crippen molar-refractivity contribution in [2.24, 2.45) is 0 Å². The first-order valence-corrected chi connectivity index (χ1v) is 5.27. The van der Waals surface area contributed by atoms with Gasteiger partial charge in [0.05, 0.1) is 23.3 Å². The number of hydrogen-bond donors (Lipinski definition) is 2. The van der Waals surface area contributed by atoms with Gasteiger partial charge in [0.15, 0.2) is 0 Å². The molecule has 2 N–H and O–H groups in total. The fraction of sp³-hybridized carbons (Fsp3) is 0.417. The average molecular weight is 261 g/mol. The van der Waals surface area contributed by atoms with Crippen molar-refractivity contribution in [2.45, 2.75) is 25.6 Å². The summed E-state index contributed by atoms with van der Waals surface area (Å²) in [5.74, 6) is -0.859. The highest BCUT2D eigenvalue weighted by molar-refractivity contribution is 5.96. The Bertz CT molecular complexity index is 441. The molecule has 0 spiro atoms. The van der Waals surface area contributed by atoms with Crippen LogP contribution in [0, 0.1) is 0 Å². The third-order valence-electron chi connectivity index (χ3n) is 2.32. The summed E-state index contributed by atoms with van der Waals surface area (Å²) in [4.78, 5) is 11.8. The third-order valence-corrected chi connectivity index (χ3v) is 2.32. The minimum Gasteiger partial charge on any atom is -0.394 e. The first-order chi connectivity index (χ1) is 8.17. The lowest BCUT2D eigenvalue weighted by Crippen LogP contribution is -2.46. The van der Waals surface area contributed by atoms with E-state index in [1.54, 1.807) is 0 Å². The summed E-state index contributed by atoms with van der Waals surface area (Å²) in [6, 6.07) is 4.53. The van der Waals surface area contributed by atoms with E-state index < -0.39 is 28.7 Å². The number of carbonyl (C=O) groups is 1. The lowest BCUT2D eigenvalue weighted by Gasteiger charge is -2.24. The molecule has 0 atom stereocenters. The molecule has 3 nitrogen and oxygen atoms in total. The minimum absolute atomic E-state index is 0.368. The molecule has 0 aliphatic heterocycles. The van der Waals surface area contributed by atoms with Crippen LogP contribution in [-0.2, 0) is 6.18 Å². The number of benzene rings is 1. The fourth-order valence-corrected chi connectivity index (χ4v) is 1.34. The molecule has 0 aromatic heterocycles. The van der Waals surface area contributed by atoms with E-state index in [2.05, 4.69) is 5.32 Å². The number of alkyl halides is 3. The van der Waals surface area contributed by atoms with Crippen LogP contribution in [0.2, 0.25) is 0 Å². The van der Waals surface area contributed by atoms with Gasteiger partial charge in [0, 0.05) is 0 Å². The summed E-state index contributed by atoms with van der Waals surface area (Å²) in [7, 11) is 0. The first kappa shape index (κ1) is 14.5. The normalized spacial score (nSPS) is 12.3. The van der Waals surface area contributed by atoms with Crippen molar-refractivity contribution in [2.75, 3.05) is 6.61 Å². The summed E-state index contributed by atoms with van der Waals surface area (Å²) in [5.41, 5.74) is -2.42. The number of rotatable bonds is 3. The number of hydrogen-bond acceptors (Lipinski definition) is 2. The van der Waals surface area contributed by atoms with Gasteiger partial charge in [-0.1, -0.05) is 12.1 Å². The molecule has 0 saturated heterocycles. The SMILES string of the molecule is CC(C)(CO)NC(=O)c1ccccc1C(F)(F)F. The predicted octanol–water partition coefficient (Wildman–Crippen LogP) is 2.21.